The topological polar surface area (TPSA) is 231 Å². The Balaban J connectivity index is 1.14. The quantitative estimate of drug-likeness (QED) is 0.0356. The fourth-order valence-corrected chi connectivity index (χ4v) is 9.06. The van der Waals surface area contributed by atoms with Crippen LogP contribution in [0.3, 0.4) is 0 Å². The number of hydrogen-bond acceptors (Lipinski definition) is 16. The summed E-state index contributed by atoms with van der Waals surface area (Å²) in [5.74, 6) is -4.80. The number of rotatable bonds is 12. The van der Waals surface area contributed by atoms with E-state index in [9.17, 15) is 44.0 Å². The summed E-state index contributed by atoms with van der Waals surface area (Å²) >= 11 is 1.56. The fourth-order valence-electron chi connectivity index (χ4n) is 8.26. The number of ether oxygens (including phenoxy) is 5. The molecule has 0 unspecified atom stereocenters. The number of Topliss-reactive ketones (excluding diaryl/α,β-unsaturated/α-hetero) is 1. The molecule has 0 aliphatic carbocycles. The third-order valence-corrected chi connectivity index (χ3v) is 13.2. The van der Waals surface area contributed by atoms with Crippen molar-refractivity contribution in [1.29, 1.82) is 0 Å². The second-order valence-electron chi connectivity index (χ2n) is 17.3. The molecule has 6 rings (SSSR count). The number of cyclic esters (lactones) is 1. The van der Waals surface area contributed by atoms with Gasteiger partial charge >= 0.3 is 23.8 Å². The lowest BCUT2D eigenvalue weighted by Crippen LogP contribution is -2.47. The SMILES string of the molecule is C=CC[C@H]1C(=O)C(C)(C)[C@@H](O)CC(=O)O[C@H](c2ccc3sc(C)nc3c2)C[C@H]2O[C@@]2(C)CCC[C@H](C)[C@@H]1OC(=O)OCc1ccc(OC(=O)CCCN2C(=O)C=CC2=O)c([N+](=O)[O-])c1. The smallest absolute Gasteiger partial charge is 0.457 e. The molecule has 64 heavy (non-hydrogen) atoms. The molecular weight excluding hydrogens is 851 g/mol. The van der Waals surface area contributed by atoms with Gasteiger partial charge in [0.1, 0.15) is 24.6 Å². The zero-order valence-electron chi connectivity index (χ0n) is 36.4. The third-order valence-electron chi connectivity index (χ3n) is 12.2. The number of nitro benzene ring substituents is 1. The first-order valence-corrected chi connectivity index (χ1v) is 22.0. The molecule has 1 aromatic heterocycles. The Morgan fingerprint density at radius 2 is 1.84 bits per heavy atom. The van der Waals surface area contributed by atoms with Gasteiger partial charge in [-0.25, -0.2) is 9.78 Å². The van der Waals surface area contributed by atoms with E-state index >= 15 is 0 Å². The summed E-state index contributed by atoms with van der Waals surface area (Å²) in [6, 6.07) is 9.37. The molecule has 3 aliphatic rings. The Labute approximate surface area is 373 Å². The van der Waals surface area contributed by atoms with Crippen molar-refractivity contribution in [3.05, 3.63) is 87.5 Å². The lowest BCUT2D eigenvalue weighted by atomic mass is 9.71. The minimum atomic E-state index is -1.52. The molecule has 3 aliphatic heterocycles. The van der Waals surface area contributed by atoms with E-state index in [0.29, 0.717) is 25.7 Å². The third kappa shape index (κ3) is 11.3. The predicted molar refractivity (Wildman–Crippen MR) is 231 cm³/mol. The number of fused-ring (bicyclic) bond motifs is 2. The van der Waals surface area contributed by atoms with Gasteiger partial charge in [-0.3, -0.25) is 39.0 Å². The summed E-state index contributed by atoms with van der Waals surface area (Å²) in [5.41, 5.74) is -0.929. The van der Waals surface area contributed by atoms with Crippen molar-refractivity contribution in [3.8, 4) is 5.75 Å². The molecular formula is C46H53N3O14S. The number of epoxide rings is 1. The van der Waals surface area contributed by atoms with Crippen molar-refractivity contribution < 1.29 is 62.5 Å². The van der Waals surface area contributed by atoms with Crippen LogP contribution >= 0.6 is 11.3 Å². The first-order valence-electron chi connectivity index (χ1n) is 21.2. The molecule has 342 valence electrons. The number of allylic oxidation sites excluding steroid dienone is 1. The number of thiazole rings is 1. The fraction of sp³-hybridized carbons (Fsp3) is 0.500. The number of imide groups is 1. The van der Waals surface area contributed by atoms with Gasteiger partial charge in [0, 0.05) is 37.6 Å². The summed E-state index contributed by atoms with van der Waals surface area (Å²) in [4.78, 5) is 94.3. The second-order valence-corrected chi connectivity index (χ2v) is 18.6. The number of hydrogen-bond donors (Lipinski definition) is 1. The van der Waals surface area contributed by atoms with Crippen LogP contribution in [-0.4, -0.2) is 86.1 Å². The minimum Gasteiger partial charge on any atom is -0.457 e. The van der Waals surface area contributed by atoms with E-state index in [1.807, 2.05) is 39.0 Å². The number of nitro groups is 1. The summed E-state index contributed by atoms with van der Waals surface area (Å²) in [6.07, 6.45) is 0.634. The van der Waals surface area contributed by atoms with Crippen LogP contribution in [-0.2, 0) is 49.5 Å². The molecule has 7 atom stereocenters. The summed E-state index contributed by atoms with van der Waals surface area (Å²) in [5, 5.41) is 24.4. The van der Waals surface area contributed by atoms with Gasteiger partial charge in [0.05, 0.1) is 55.7 Å². The van der Waals surface area contributed by atoms with Crippen LogP contribution in [0.15, 0.2) is 61.2 Å². The summed E-state index contributed by atoms with van der Waals surface area (Å²) < 4.78 is 29.8. The largest absolute Gasteiger partial charge is 0.508 e. The van der Waals surface area contributed by atoms with E-state index in [1.54, 1.807) is 11.3 Å². The molecule has 0 radical (unpaired) electrons. The lowest BCUT2D eigenvalue weighted by molar-refractivity contribution is -0.385. The Morgan fingerprint density at radius 1 is 1.11 bits per heavy atom. The highest BCUT2D eigenvalue weighted by molar-refractivity contribution is 7.18. The zero-order chi connectivity index (χ0) is 46.5. The number of esters is 2. The second kappa shape index (κ2) is 19.9. The Morgan fingerprint density at radius 3 is 2.55 bits per heavy atom. The van der Waals surface area contributed by atoms with Crippen molar-refractivity contribution in [2.45, 2.75) is 123 Å². The average molecular weight is 904 g/mol. The lowest BCUT2D eigenvalue weighted by Gasteiger charge is -2.37. The number of aliphatic hydroxyl groups is 1. The maximum absolute atomic E-state index is 14.5. The van der Waals surface area contributed by atoms with E-state index in [1.165, 1.54) is 32.1 Å². The Bertz CT molecular complexity index is 2340. The van der Waals surface area contributed by atoms with Gasteiger partial charge in [-0.1, -0.05) is 45.4 Å². The van der Waals surface area contributed by atoms with Crippen molar-refractivity contribution >= 4 is 62.9 Å². The highest BCUT2D eigenvalue weighted by atomic mass is 32.1. The van der Waals surface area contributed by atoms with Crippen molar-refractivity contribution in [1.82, 2.24) is 9.88 Å². The number of benzene rings is 2. The molecule has 18 heteroatoms. The molecule has 2 aromatic carbocycles. The van der Waals surface area contributed by atoms with Crippen LogP contribution in [0, 0.1) is 34.3 Å². The van der Waals surface area contributed by atoms with Crippen LogP contribution in [0.25, 0.3) is 10.2 Å². The molecule has 0 spiro atoms. The van der Waals surface area contributed by atoms with Gasteiger partial charge in [-0.15, -0.1) is 17.9 Å². The van der Waals surface area contributed by atoms with Gasteiger partial charge < -0.3 is 28.8 Å². The maximum atomic E-state index is 14.5. The number of carbonyl (C=O) groups excluding carboxylic acids is 6. The number of aryl methyl sites for hydroxylation is 1. The van der Waals surface area contributed by atoms with Crippen LogP contribution in [0.2, 0.25) is 0 Å². The molecule has 1 N–H and O–H groups in total. The van der Waals surface area contributed by atoms with Gasteiger partial charge in [-0.2, -0.15) is 0 Å². The van der Waals surface area contributed by atoms with E-state index in [0.717, 1.165) is 43.9 Å². The minimum absolute atomic E-state index is 0.0330. The van der Waals surface area contributed by atoms with Crippen LogP contribution < -0.4 is 4.74 Å². The first-order chi connectivity index (χ1) is 30.3. The summed E-state index contributed by atoms with van der Waals surface area (Å²) in [6.45, 7) is 12.1. The van der Waals surface area contributed by atoms with Gasteiger partial charge in [0.25, 0.3) is 11.8 Å². The number of carbonyl (C=O) groups is 6. The molecule has 2 fully saturated rings. The number of aliphatic hydroxyl groups excluding tert-OH is 1. The molecule has 0 saturated carbocycles. The monoisotopic (exact) mass is 903 g/mol. The average Bonchev–Trinajstić information content (AvgIpc) is 3.52. The van der Waals surface area contributed by atoms with Gasteiger partial charge in [0.15, 0.2) is 0 Å². The standard InChI is InChI=1S/C46H53N3O14S/c1-7-10-30-42(62-44(56)59-25-28-13-15-33(32(21-28)49(57)58)60-40(53)12-9-20-48-38(51)17-18-39(48)52)26(2)11-8-19-46(6)37(63-46)23-34(29-14-16-35-31(22-29)47-27(3)64-35)61-41(54)24-36(50)45(4,5)43(30)55/h7,13-18,21-22,26,30,34,36-37,42,50H,1,8-12,19-20,23-25H2,2-6H3/t26-,30+,34-,36-,37+,42-,46-/m0/s1. The normalized spacial score (nSPS) is 26.2. The highest BCUT2D eigenvalue weighted by Gasteiger charge is 2.53. The van der Waals surface area contributed by atoms with Crippen LogP contribution in [0.1, 0.15) is 101 Å². The van der Waals surface area contributed by atoms with Gasteiger partial charge in [0.2, 0.25) is 5.75 Å². The Kier molecular flexibility index (Phi) is 14.8. The van der Waals surface area contributed by atoms with Crippen LogP contribution in [0.5, 0.6) is 5.75 Å². The van der Waals surface area contributed by atoms with E-state index in [2.05, 4.69) is 11.6 Å². The zero-order valence-corrected chi connectivity index (χ0v) is 37.3. The van der Waals surface area contributed by atoms with Crippen molar-refractivity contribution in [3.63, 3.8) is 0 Å². The number of nitrogens with zero attached hydrogens (tertiary/aromatic N) is 3. The van der Waals surface area contributed by atoms with Crippen molar-refractivity contribution in [2.75, 3.05) is 6.54 Å². The summed E-state index contributed by atoms with van der Waals surface area (Å²) in [7, 11) is 0. The van der Waals surface area contributed by atoms with E-state index in [-0.39, 0.29) is 43.2 Å². The maximum Gasteiger partial charge on any atom is 0.508 e. The molecule has 17 nitrogen and oxygen atoms in total. The van der Waals surface area contributed by atoms with E-state index < -0.39 is 100 Å². The molecule has 2 amide bonds. The molecule has 3 aromatic rings. The molecule has 0 bridgehead atoms. The number of ketones is 1. The highest BCUT2D eigenvalue weighted by Crippen LogP contribution is 2.47. The molecule has 4 heterocycles. The van der Waals surface area contributed by atoms with Crippen LogP contribution in [0.4, 0.5) is 10.5 Å². The first kappa shape index (κ1) is 47.6. The van der Waals surface area contributed by atoms with Crippen molar-refractivity contribution in [2.24, 2.45) is 17.3 Å². The predicted octanol–water partition coefficient (Wildman–Crippen LogP) is 7.34. The Hall–Kier alpha value is -5.85. The van der Waals surface area contributed by atoms with Gasteiger partial charge in [-0.05, 0) is 74.8 Å². The number of amides is 2. The number of aromatic nitrogens is 1. The molecule has 2 saturated heterocycles. The van der Waals surface area contributed by atoms with E-state index in [4.69, 9.17) is 23.7 Å².